The highest BCUT2D eigenvalue weighted by molar-refractivity contribution is 9.10. The fraction of sp³-hybridized carbons (Fsp3) is 0.462. The summed E-state index contributed by atoms with van der Waals surface area (Å²) in [6, 6.07) is 2.12. The van der Waals surface area contributed by atoms with Gasteiger partial charge in [-0.25, -0.2) is 4.98 Å². The van der Waals surface area contributed by atoms with E-state index in [1.165, 1.54) is 0 Å². The zero-order chi connectivity index (χ0) is 13.7. The minimum atomic E-state index is -1.68. The molecule has 2 aromatic heterocycles. The van der Waals surface area contributed by atoms with Gasteiger partial charge in [-0.1, -0.05) is 45.5 Å². The van der Waals surface area contributed by atoms with Gasteiger partial charge in [-0.15, -0.1) is 0 Å². The van der Waals surface area contributed by atoms with Gasteiger partial charge in [0, 0.05) is 16.1 Å². The van der Waals surface area contributed by atoms with Crippen molar-refractivity contribution in [1.29, 1.82) is 0 Å². The molecular formula is C13H18BrClN2Si. The van der Waals surface area contributed by atoms with Gasteiger partial charge in [0.05, 0.1) is 5.52 Å². The maximum absolute atomic E-state index is 6.30. The average molecular weight is 346 g/mol. The van der Waals surface area contributed by atoms with Crippen LogP contribution >= 0.6 is 27.5 Å². The molecule has 2 heterocycles. The van der Waals surface area contributed by atoms with Crippen LogP contribution in [0.5, 0.6) is 0 Å². The lowest BCUT2D eigenvalue weighted by molar-refractivity contribution is 0.703. The maximum Gasteiger partial charge on any atom is 0.161 e. The van der Waals surface area contributed by atoms with E-state index in [-0.39, 0.29) is 5.04 Å². The van der Waals surface area contributed by atoms with Crippen LogP contribution < -0.4 is 0 Å². The van der Waals surface area contributed by atoms with Crippen molar-refractivity contribution < 1.29 is 0 Å². The molecule has 0 bridgehead atoms. The van der Waals surface area contributed by atoms with Crippen LogP contribution in [0.15, 0.2) is 22.9 Å². The van der Waals surface area contributed by atoms with Crippen molar-refractivity contribution in [3.05, 3.63) is 28.1 Å². The van der Waals surface area contributed by atoms with Crippen molar-refractivity contribution in [2.75, 3.05) is 0 Å². The number of hydrogen-bond donors (Lipinski definition) is 0. The molecule has 0 saturated carbocycles. The Morgan fingerprint density at radius 3 is 2.50 bits per heavy atom. The lowest BCUT2D eigenvalue weighted by atomic mass is 10.2. The van der Waals surface area contributed by atoms with Gasteiger partial charge in [0.15, 0.2) is 13.4 Å². The molecule has 2 nitrogen and oxygen atoms in total. The Morgan fingerprint density at radius 1 is 1.33 bits per heavy atom. The molecule has 0 saturated heterocycles. The second kappa shape index (κ2) is 4.36. The first-order chi connectivity index (χ1) is 8.16. The first-order valence-electron chi connectivity index (χ1n) is 5.98. The normalized spacial score (nSPS) is 13.3. The van der Waals surface area contributed by atoms with E-state index in [2.05, 4.69) is 71.3 Å². The van der Waals surface area contributed by atoms with Crippen molar-refractivity contribution in [3.8, 4) is 0 Å². The number of pyridine rings is 1. The van der Waals surface area contributed by atoms with E-state index in [1.807, 2.05) is 0 Å². The Labute approximate surface area is 123 Å². The molecule has 5 heteroatoms. The first kappa shape index (κ1) is 14.1. The second-order valence-electron chi connectivity index (χ2n) is 6.15. The zero-order valence-corrected chi connectivity index (χ0v) is 14.7. The summed E-state index contributed by atoms with van der Waals surface area (Å²) in [7, 11) is -1.68. The minimum Gasteiger partial charge on any atom is -0.371 e. The summed E-state index contributed by atoms with van der Waals surface area (Å²) in [6.07, 6.45) is 3.92. The smallest absolute Gasteiger partial charge is 0.161 e. The standard InChI is InChI=1S/C13H18BrClN2Si/c1-13(2,3)18(4,5)17-7-6-9-10(14)8-16-12(15)11(9)17/h6-8H,1-5H3. The molecule has 0 N–H and O–H groups in total. The molecule has 18 heavy (non-hydrogen) atoms. The van der Waals surface area contributed by atoms with Gasteiger partial charge < -0.3 is 4.23 Å². The first-order valence-corrected chi connectivity index (χ1v) is 10.1. The van der Waals surface area contributed by atoms with E-state index in [0.29, 0.717) is 5.15 Å². The summed E-state index contributed by atoms with van der Waals surface area (Å²) in [4.78, 5) is 4.26. The van der Waals surface area contributed by atoms with Crippen LogP contribution in [-0.4, -0.2) is 17.5 Å². The fourth-order valence-corrected chi connectivity index (χ4v) is 4.60. The Bertz CT molecular complexity index is 599. The van der Waals surface area contributed by atoms with Crippen molar-refractivity contribution in [2.45, 2.75) is 38.9 Å². The highest BCUT2D eigenvalue weighted by atomic mass is 79.9. The molecule has 0 amide bonds. The molecule has 0 atom stereocenters. The van der Waals surface area contributed by atoms with E-state index < -0.39 is 8.24 Å². The summed E-state index contributed by atoms with van der Waals surface area (Å²) < 4.78 is 3.36. The van der Waals surface area contributed by atoms with Crippen LogP contribution in [0, 0.1) is 0 Å². The van der Waals surface area contributed by atoms with E-state index in [1.54, 1.807) is 6.20 Å². The van der Waals surface area contributed by atoms with Crippen LogP contribution in [0.3, 0.4) is 0 Å². The van der Waals surface area contributed by atoms with Crippen molar-refractivity contribution in [2.24, 2.45) is 0 Å². The highest BCUT2D eigenvalue weighted by Gasteiger charge is 2.38. The number of halogens is 2. The Hall–Kier alpha value is -0.323. The van der Waals surface area contributed by atoms with Gasteiger partial charge in [-0.2, -0.15) is 0 Å². The fourth-order valence-electron chi connectivity index (χ4n) is 1.91. The van der Waals surface area contributed by atoms with Gasteiger partial charge in [0.25, 0.3) is 0 Å². The summed E-state index contributed by atoms with van der Waals surface area (Å²) in [5.74, 6) is 0. The monoisotopic (exact) mass is 344 g/mol. The van der Waals surface area contributed by atoms with Gasteiger partial charge in [-0.05, 0) is 33.2 Å². The molecule has 98 valence electrons. The summed E-state index contributed by atoms with van der Waals surface area (Å²) >= 11 is 9.84. The van der Waals surface area contributed by atoms with Gasteiger partial charge in [0.2, 0.25) is 0 Å². The molecule has 0 radical (unpaired) electrons. The van der Waals surface area contributed by atoms with Crippen LogP contribution in [0.4, 0.5) is 0 Å². The van der Waals surface area contributed by atoms with Crippen molar-refractivity contribution in [3.63, 3.8) is 0 Å². The lowest BCUT2D eigenvalue weighted by Crippen LogP contribution is -2.44. The van der Waals surface area contributed by atoms with Crippen molar-refractivity contribution in [1.82, 2.24) is 9.22 Å². The second-order valence-corrected chi connectivity index (χ2v) is 12.5. The molecule has 2 aromatic rings. The van der Waals surface area contributed by atoms with E-state index >= 15 is 0 Å². The third kappa shape index (κ3) is 2.04. The SMILES string of the molecule is CC(C)(C)[Si](C)(C)n1ccc2c(Br)cnc(Cl)c21. The van der Waals surface area contributed by atoms with Crippen molar-refractivity contribution >= 4 is 46.7 Å². The third-order valence-corrected chi connectivity index (χ3v) is 10.2. The molecule has 0 spiro atoms. The predicted octanol–water partition coefficient (Wildman–Crippen LogP) is 5.31. The Kier molecular flexibility index (Phi) is 3.41. The number of nitrogens with zero attached hydrogens (tertiary/aromatic N) is 2. The molecular weight excluding hydrogens is 328 g/mol. The summed E-state index contributed by atoms with van der Waals surface area (Å²) in [6.45, 7) is 11.6. The number of rotatable bonds is 1. The minimum absolute atomic E-state index is 0.255. The molecule has 2 rings (SSSR count). The quantitative estimate of drug-likeness (QED) is 0.506. The molecule has 0 unspecified atom stereocenters. The Balaban J connectivity index is 2.78. The van der Waals surface area contributed by atoms with Gasteiger partial charge in [0.1, 0.15) is 0 Å². The lowest BCUT2D eigenvalue weighted by Gasteiger charge is -2.38. The molecule has 0 fully saturated rings. The average Bonchev–Trinajstić information content (AvgIpc) is 2.68. The largest absolute Gasteiger partial charge is 0.371 e. The molecule has 0 aromatic carbocycles. The van der Waals surface area contributed by atoms with Crippen LogP contribution in [0.25, 0.3) is 10.9 Å². The van der Waals surface area contributed by atoms with E-state index in [4.69, 9.17) is 11.6 Å². The van der Waals surface area contributed by atoms with Crippen LogP contribution in [0.2, 0.25) is 23.3 Å². The maximum atomic E-state index is 6.30. The summed E-state index contributed by atoms with van der Waals surface area (Å²) in [5.41, 5.74) is 1.05. The number of aromatic nitrogens is 2. The van der Waals surface area contributed by atoms with Crippen LogP contribution in [0.1, 0.15) is 20.8 Å². The van der Waals surface area contributed by atoms with Gasteiger partial charge in [-0.3, -0.25) is 0 Å². The van der Waals surface area contributed by atoms with Crippen LogP contribution in [-0.2, 0) is 0 Å². The predicted molar refractivity (Wildman–Crippen MR) is 85.0 cm³/mol. The highest BCUT2D eigenvalue weighted by Crippen LogP contribution is 2.40. The topological polar surface area (TPSA) is 17.8 Å². The van der Waals surface area contributed by atoms with Gasteiger partial charge >= 0.3 is 0 Å². The molecule has 0 aliphatic heterocycles. The summed E-state index contributed by atoms with van der Waals surface area (Å²) in [5, 5.41) is 1.98. The number of hydrogen-bond acceptors (Lipinski definition) is 1. The van der Waals surface area contributed by atoms with E-state index in [9.17, 15) is 0 Å². The molecule has 0 aliphatic carbocycles. The third-order valence-electron chi connectivity index (χ3n) is 4.07. The zero-order valence-electron chi connectivity index (χ0n) is 11.4. The van der Waals surface area contributed by atoms with E-state index in [0.717, 1.165) is 15.4 Å². The molecule has 0 aliphatic rings. The number of fused-ring (bicyclic) bond motifs is 1. The Morgan fingerprint density at radius 2 is 1.94 bits per heavy atom.